The third-order valence-electron chi connectivity index (χ3n) is 5.89. The molecule has 8 nitrogen and oxygen atoms in total. The van der Waals surface area contributed by atoms with Gasteiger partial charge in [-0.1, -0.05) is 23.9 Å². The van der Waals surface area contributed by atoms with Crippen LogP contribution in [0.1, 0.15) is 44.2 Å². The second-order valence-corrected chi connectivity index (χ2v) is 9.34. The van der Waals surface area contributed by atoms with Gasteiger partial charge in [0.1, 0.15) is 10.6 Å². The highest BCUT2D eigenvalue weighted by Gasteiger charge is 2.30. The summed E-state index contributed by atoms with van der Waals surface area (Å²) in [6.45, 7) is 6.03. The molecule has 3 rings (SSSR count). The fourth-order valence-electron chi connectivity index (χ4n) is 4.11. The Hall–Kier alpha value is -2.81. The number of hydrogen-bond acceptors (Lipinski definition) is 6. The van der Waals surface area contributed by atoms with Crippen LogP contribution in [0.25, 0.3) is 0 Å². The van der Waals surface area contributed by atoms with Gasteiger partial charge in [-0.15, -0.1) is 0 Å². The number of amides is 1. The molecule has 0 radical (unpaired) electrons. The van der Waals surface area contributed by atoms with Crippen molar-refractivity contribution in [3.8, 4) is 5.88 Å². The summed E-state index contributed by atoms with van der Waals surface area (Å²) in [5.74, 6) is -0.429. The number of aromatic nitrogens is 2. The summed E-state index contributed by atoms with van der Waals surface area (Å²) in [4.78, 5) is 44.7. The number of benzene rings is 1. The standard InChI is InChI=1S/C23H30N4O4S/c1-14-8-6-11-17(12-14)24-20(19-21(29)25(4)23(31)26(5)22(19)30)32-13-18(28)27-15(2)9-7-10-16(27)3/h6,8,11-12,15-16,29H,7,9-10,13H2,1-5H3/t15-,16-/m1/s1. The van der Waals surface area contributed by atoms with Gasteiger partial charge in [0.25, 0.3) is 5.56 Å². The van der Waals surface area contributed by atoms with Crippen molar-refractivity contribution in [2.45, 2.75) is 52.1 Å². The molecule has 0 saturated carbocycles. The first-order valence-electron chi connectivity index (χ1n) is 10.7. The lowest BCUT2D eigenvalue weighted by molar-refractivity contribution is -0.134. The van der Waals surface area contributed by atoms with E-state index < -0.39 is 17.1 Å². The summed E-state index contributed by atoms with van der Waals surface area (Å²) < 4.78 is 1.93. The van der Waals surface area contributed by atoms with E-state index in [4.69, 9.17) is 0 Å². The van der Waals surface area contributed by atoms with E-state index in [1.807, 2.05) is 30.0 Å². The molecule has 2 aromatic rings. The topological polar surface area (TPSA) is 96.9 Å². The predicted octanol–water partition coefficient (Wildman–Crippen LogP) is 2.70. The fraction of sp³-hybridized carbons (Fsp3) is 0.478. The molecule has 2 atom stereocenters. The molecule has 32 heavy (non-hydrogen) atoms. The minimum Gasteiger partial charge on any atom is -0.494 e. The second-order valence-electron chi connectivity index (χ2n) is 8.38. The van der Waals surface area contributed by atoms with Crippen LogP contribution in [-0.4, -0.2) is 47.9 Å². The summed E-state index contributed by atoms with van der Waals surface area (Å²) in [6.07, 6.45) is 3.03. The molecular weight excluding hydrogens is 428 g/mol. The van der Waals surface area contributed by atoms with Crippen molar-refractivity contribution in [1.29, 1.82) is 0 Å². The van der Waals surface area contributed by atoms with Gasteiger partial charge in [0.2, 0.25) is 11.8 Å². The van der Waals surface area contributed by atoms with Gasteiger partial charge in [0.15, 0.2) is 0 Å². The molecule has 1 N–H and O–H groups in total. The third kappa shape index (κ3) is 4.82. The van der Waals surface area contributed by atoms with E-state index in [1.165, 1.54) is 14.1 Å². The Morgan fingerprint density at radius 1 is 1.16 bits per heavy atom. The molecule has 0 bridgehead atoms. The molecule has 0 aliphatic carbocycles. The molecule has 1 aliphatic rings. The van der Waals surface area contributed by atoms with Gasteiger partial charge < -0.3 is 10.0 Å². The Labute approximate surface area is 191 Å². The molecule has 1 aromatic heterocycles. The van der Waals surface area contributed by atoms with Crippen molar-refractivity contribution in [3.63, 3.8) is 0 Å². The fourth-order valence-corrected chi connectivity index (χ4v) is 5.02. The van der Waals surface area contributed by atoms with Crippen LogP contribution in [0, 0.1) is 6.92 Å². The molecule has 1 aromatic carbocycles. The smallest absolute Gasteiger partial charge is 0.333 e. The Bertz CT molecular complexity index is 1160. The van der Waals surface area contributed by atoms with Crippen LogP contribution in [-0.2, 0) is 18.9 Å². The largest absolute Gasteiger partial charge is 0.494 e. The maximum absolute atomic E-state index is 13.1. The van der Waals surface area contributed by atoms with E-state index in [1.54, 1.807) is 6.07 Å². The summed E-state index contributed by atoms with van der Waals surface area (Å²) >= 11 is 1.10. The molecule has 2 heterocycles. The Balaban J connectivity index is 2.03. The normalized spacial score (nSPS) is 19.3. The van der Waals surface area contributed by atoms with Crippen LogP contribution in [0.3, 0.4) is 0 Å². The monoisotopic (exact) mass is 458 g/mol. The maximum Gasteiger partial charge on any atom is 0.333 e. The highest BCUT2D eigenvalue weighted by Crippen LogP contribution is 2.27. The van der Waals surface area contributed by atoms with Crippen LogP contribution in [0.2, 0.25) is 0 Å². The van der Waals surface area contributed by atoms with E-state index in [0.29, 0.717) is 5.69 Å². The van der Waals surface area contributed by atoms with Crippen molar-refractivity contribution in [2.24, 2.45) is 19.1 Å². The van der Waals surface area contributed by atoms with Gasteiger partial charge in [-0.25, -0.2) is 9.79 Å². The number of aliphatic imine (C=N–C) groups is 1. The third-order valence-corrected chi connectivity index (χ3v) is 6.85. The lowest BCUT2D eigenvalue weighted by atomic mass is 9.98. The van der Waals surface area contributed by atoms with Crippen LogP contribution < -0.4 is 11.2 Å². The number of nitrogens with zero attached hydrogens (tertiary/aromatic N) is 4. The molecule has 172 valence electrons. The Morgan fingerprint density at radius 2 is 1.81 bits per heavy atom. The SMILES string of the molecule is Cc1cccc(N=C(SCC(=O)N2[C@H](C)CCC[C@H]2C)c2c(O)n(C)c(=O)n(C)c2=O)c1. The van der Waals surface area contributed by atoms with Crippen LogP contribution in [0.4, 0.5) is 5.69 Å². The van der Waals surface area contributed by atoms with Crippen molar-refractivity contribution >= 4 is 28.4 Å². The average Bonchev–Trinajstić information content (AvgIpc) is 2.74. The zero-order chi connectivity index (χ0) is 23.6. The summed E-state index contributed by atoms with van der Waals surface area (Å²) in [5.41, 5.74) is 0.198. The number of likely N-dealkylation sites (tertiary alicyclic amines) is 1. The molecule has 1 fully saturated rings. The number of piperidine rings is 1. The molecule has 1 aliphatic heterocycles. The summed E-state index contributed by atoms with van der Waals surface area (Å²) in [7, 11) is 2.74. The highest BCUT2D eigenvalue weighted by atomic mass is 32.2. The zero-order valence-corrected chi connectivity index (χ0v) is 20.0. The molecule has 1 amide bonds. The van der Waals surface area contributed by atoms with Crippen molar-refractivity contribution in [3.05, 3.63) is 56.2 Å². The molecule has 0 spiro atoms. The van der Waals surface area contributed by atoms with Gasteiger partial charge in [-0.05, 0) is 57.7 Å². The van der Waals surface area contributed by atoms with Crippen LogP contribution in [0.5, 0.6) is 5.88 Å². The second kappa shape index (κ2) is 9.77. The average molecular weight is 459 g/mol. The minimum atomic E-state index is -0.656. The number of thioether (sulfide) groups is 1. The number of carbonyl (C=O) groups is 1. The molecule has 0 unspecified atom stereocenters. The van der Waals surface area contributed by atoms with Gasteiger partial charge in [-0.3, -0.25) is 18.7 Å². The van der Waals surface area contributed by atoms with Crippen LogP contribution in [0.15, 0.2) is 38.8 Å². The van der Waals surface area contributed by atoms with Crippen molar-refractivity contribution in [1.82, 2.24) is 14.0 Å². The van der Waals surface area contributed by atoms with E-state index in [-0.39, 0.29) is 34.4 Å². The highest BCUT2D eigenvalue weighted by molar-refractivity contribution is 8.15. The van der Waals surface area contributed by atoms with Gasteiger partial charge in [-0.2, -0.15) is 0 Å². The number of aromatic hydroxyl groups is 1. The van der Waals surface area contributed by atoms with Crippen molar-refractivity contribution in [2.75, 3.05) is 5.75 Å². The molecule has 1 saturated heterocycles. The number of carbonyl (C=O) groups excluding carboxylic acids is 1. The first-order valence-corrected chi connectivity index (χ1v) is 11.7. The van der Waals surface area contributed by atoms with E-state index in [2.05, 4.69) is 18.8 Å². The van der Waals surface area contributed by atoms with Crippen molar-refractivity contribution < 1.29 is 9.90 Å². The molecule has 9 heteroatoms. The van der Waals surface area contributed by atoms with E-state index in [9.17, 15) is 19.5 Å². The quantitative estimate of drug-likeness (QED) is 0.561. The summed E-state index contributed by atoms with van der Waals surface area (Å²) in [6, 6.07) is 7.72. The van der Waals surface area contributed by atoms with E-state index >= 15 is 0 Å². The lowest BCUT2D eigenvalue weighted by Gasteiger charge is -2.39. The Morgan fingerprint density at radius 3 is 2.44 bits per heavy atom. The number of hydrogen-bond donors (Lipinski definition) is 1. The Kier molecular flexibility index (Phi) is 7.28. The first kappa shape index (κ1) is 23.8. The van der Waals surface area contributed by atoms with Crippen LogP contribution >= 0.6 is 11.8 Å². The number of aryl methyl sites for hydroxylation is 1. The van der Waals surface area contributed by atoms with Gasteiger partial charge in [0, 0.05) is 26.2 Å². The summed E-state index contributed by atoms with van der Waals surface area (Å²) in [5, 5.41) is 10.8. The van der Waals surface area contributed by atoms with Gasteiger partial charge in [0.05, 0.1) is 11.4 Å². The molecular formula is C23H30N4O4S. The minimum absolute atomic E-state index is 0.0345. The first-order chi connectivity index (χ1) is 15.1. The van der Waals surface area contributed by atoms with E-state index in [0.717, 1.165) is 45.7 Å². The number of rotatable bonds is 4. The predicted molar refractivity (Wildman–Crippen MR) is 128 cm³/mol. The van der Waals surface area contributed by atoms with Gasteiger partial charge >= 0.3 is 5.69 Å². The zero-order valence-electron chi connectivity index (χ0n) is 19.2. The lowest BCUT2D eigenvalue weighted by Crippen LogP contribution is -2.48. The maximum atomic E-state index is 13.1.